The lowest BCUT2D eigenvalue weighted by atomic mass is 10.0. The second kappa shape index (κ2) is 6.76. The lowest BCUT2D eigenvalue weighted by Gasteiger charge is -2.25. The largest absolute Gasteiger partial charge is 0.488 e. The van der Waals surface area contributed by atoms with Crippen molar-refractivity contribution in [3.05, 3.63) is 29.8 Å². The van der Waals surface area contributed by atoms with Crippen LogP contribution in [0.15, 0.2) is 24.3 Å². The van der Waals surface area contributed by atoms with E-state index in [1.807, 2.05) is 18.2 Å². The van der Waals surface area contributed by atoms with Gasteiger partial charge in [-0.15, -0.1) is 0 Å². The highest BCUT2D eigenvalue weighted by atomic mass is 16.5. The Morgan fingerprint density at radius 3 is 3.00 bits per heavy atom. The normalized spacial score (nSPS) is 21.6. The molecule has 0 radical (unpaired) electrons. The molecule has 0 saturated carbocycles. The molecule has 2 N–H and O–H groups in total. The Labute approximate surface area is 109 Å². The van der Waals surface area contributed by atoms with Crippen molar-refractivity contribution in [2.75, 3.05) is 13.2 Å². The molecular formula is C15H23NO2. The van der Waals surface area contributed by atoms with Crippen molar-refractivity contribution >= 4 is 0 Å². The Hall–Kier alpha value is -1.06. The van der Waals surface area contributed by atoms with Crippen LogP contribution >= 0.6 is 0 Å². The summed E-state index contributed by atoms with van der Waals surface area (Å²) in [6, 6.07) is 8.40. The van der Waals surface area contributed by atoms with Gasteiger partial charge < -0.3 is 15.2 Å². The van der Waals surface area contributed by atoms with E-state index in [0.29, 0.717) is 6.61 Å². The molecule has 18 heavy (non-hydrogen) atoms. The van der Waals surface area contributed by atoms with Crippen molar-refractivity contribution in [3.63, 3.8) is 0 Å². The zero-order valence-corrected chi connectivity index (χ0v) is 11.1. The summed E-state index contributed by atoms with van der Waals surface area (Å²) in [4.78, 5) is 0. The molecule has 0 bridgehead atoms. The summed E-state index contributed by atoms with van der Waals surface area (Å²) < 4.78 is 11.5. The highest BCUT2D eigenvalue weighted by Gasteiger charge is 2.17. The third-order valence-corrected chi connectivity index (χ3v) is 3.39. The second-order valence-electron chi connectivity index (χ2n) is 4.94. The van der Waals surface area contributed by atoms with Crippen LogP contribution in [0.1, 0.15) is 31.7 Å². The molecule has 1 heterocycles. The topological polar surface area (TPSA) is 44.5 Å². The van der Waals surface area contributed by atoms with Gasteiger partial charge in [0, 0.05) is 12.6 Å². The van der Waals surface area contributed by atoms with Crippen LogP contribution in [0.25, 0.3) is 0 Å². The van der Waals surface area contributed by atoms with E-state index in [1.54, 1.807) is 0 Å². The van der Waals surface area contributed by atoms with Gasteiger partial charge >= 0.3 is 0 Å². The molecule has 1 aromatic carbocycles. The summed E-state index contributed by atoms with van der Waals surface area (Å²) in [5.41, 5.74) is 7.23. The van der Waals surface area contributed by atoms with Crippen LogP contribution in [0.5, 0.6) is 5.75 Å². The van der Waals surface area contributed by atoms with Crippen LogP contribution in [0, 0.1) is 0 Å². The van der Waals surface area contributed by atoms with E-state index in [2.05, 4.69) is 13.0 Å². The third-order valence-electron chi connectivity index (χ3n) is 3.39. The molecule has 2 rings (SSSR count). The highest BCUT2D eigenvalue weighted by molar-refractivity contribution is 5.34. The van der Waals surface area contributed by atoms with Crippen LogP contribution in [-0.2, 0) is 11.2 Å². The predicted octanol–water partition coefficient (Wildman–Crippen LogP) is 2.52. The summed E-state index contributed by atoms with van der Waals surface area (Å²) >= 11 is 0. The number of rotatable bonds is 5. The molecule has 1 fully saturated rings. The molecular weight excluding hydrogens is 226 g/mol. The van der Waals surface area contributed by atoms with Crippen molar-refractivity contribution in [3.8, 4) is 5.75 Å². The first kappa shape index (κ1) is 13.4. The van der Waals surface area contributed by atoms with Gasteiger partial charge in [-0.05, 0) is 37.3 Å². The molecule has 0 aliphatic carbocycles. The Kier molecular flexibility index (Phi) is 5.02. The van der Waals surface area contributed by atoms with Crippen molar-refractivity contribution < 1.29 is 9.47 Å². The number of ether oxygens (including phenoxy) is 2. The van der Waals surface area contributed by atoms with Gasteiger partial charge in [-0.25, -0.2) is 0 Å². The summed E-state index contributed by atoms with van der Waals surface area (Å²) in [7, 11) is 0. The first-order valence-electron chi connectivity index (χ1n) is 6.87. The number of hydrogen-bond donors (Lipinski definition) is 1. The summed E-state index contributed by atoms with van der Waals surface area (Å²) in [6.07, 6.45) is 4.22. The summed E-state index contributed by atoms with van der Waals surface area (Å²) in [6.45, 7) is 3.68. The summed E-state index contributed by atoms with van der Waals surface area (Å²) in [5.74, 6) is 0.969. The molecule has 0 aromatic heterocycles. The highest BCUT2D eigenvalue weighted by Crippen LogP contribution is 2.23. The van der Waals surface area contributed by atoms with Crippen LogP contribution in [0.4, 0.5) is 0 Å². The maximum Gasteiger partial charge on any atom is 0.123 e. The Balaban J connectivity index is 2.01. The van der Waals surface area contributed by atoms with E-state index >= 15 is 0 Å². The fourth-order valence-electron chi connectivity index (χ4n) is 2.20. The number of benzene rings is 1. The molecule has 1 aliphatic rings. The zero-order valence-electron chi connectivity index (χ0n) is 11.1. The van der Waals surface area contributed by atoms with Gasteiger partial charge in [0.25, 0.3) is 0 Å². The van der Waals surface area contributed by atoms with Crippen LogP contribution in [-0.4, -0.2) is 25.4 Å². The SMILES string of the molecule is CCC(N)Cc1ccccc1OC1CCCOC1. The van der Waals surface area contributed by atoms with Gasteiger partial charge in [0.1, 0.15) is 11.9 Å². The fourth-order valence-corrected chi connectivity index (χ4v) is 2.20. The minimum absolute atomic E-state index is 0.192. The third kappa shape index (κ3) is 3.72. The molecule has 1 aromatic rings. The Morgan fingerprint density at radius 1 is 1.44 bits per heavy atom. The van der Waals surface area contributed by atoms with Crippen molar-refractivity contribution in [1.29, 1.82) is 0 Å². The molecule has 1 saturated heterocycles. The zero-order chi connectivity index (χ0) is 12.8. The fraction of sp³-hybridized carbons (Fsp3) is 0.600. The van der Waals surface area contributed by atoms with Gasteiger partial charge in [-0.2, -0.15) is 0 Å². The first-order valence-corrected chi connectivity index (χ1v) is 6.87. The van der Waals surface area contributed by atoms with Gasteiger partial charge in [0.2, 0.25) is 0 Å². The van der Waals surface area contributed by atoms with Gasteiger partial charge in [-0.1, -0.05) is 25.1 Å². The molecule has 2 atom stereocenters. The predicted molar refractivity (Wildman–Crippen MR) is 72.9 cm³/mol. The summed E-state index contributed by atoms with van der Waals surface area (Å²) in [5, 5.41) is 0. The quantitative estimate of drug-likeness (QED) is 0.872. The lowest BCUT2D eigenvalue weighted by molar-refractivity contribution is 0.00701. The first-order chi connectivity index (χ1) is 8.79. The van der Waals surface area contributed by atoms with E-state index in [-0.39, 0.29) is 12.1 Å². The molecule has 2 unspecified atom stereocenters. The molecule has 3 nitrogen and oxygen atoms in total. The minimum Gasteiger partial charge on any atom is -0.488 e. The maximum atomic E-state index is 6.05. The van der Waals surface area contributed by atoms with Crippen molar-refractivity contribution in [1.82, 2.24) is 0 Å². The minimum atomic E-state index is 0.192. The molecule has 3 heteroatoms. The number of hydrogen-bond acceptors (Lipinski definition) is 3. The Bertz CT molecular complexity index is 361. The molecule has 1 aliphatic heterocycles. The van der Waals surface area contributed by atoms with Crippen LogP contribution < -0.4 is 10.5 Å². The van der Waals surface area contributed by atoms with Crippen molar-refractivity contribution in [2.24, 2.45) is 5.73 Å². The van der Waals surface area contributed by atoms with E-state index < -0.39 is 0 Å². The van der Waals surface area contributed by atoms with E-state index in [0.717, 1.165) is 38.0 Å². The van der Waals surface area contributed by atoms with E-state index in [9.17, 15) is 0 Å². The van der Waals surface area contributed by atoms with Gasteiger partial charge in [-0.3, -0.25) is 0 Å². The van der Waals surface area contributed by atoms with Gasteiger partial charge in [0.05, 0.1) is 6.61 Å². The molecule has 0 spiro atoms. The van der Waals surface area contributed by atoms with Crippen LogP contribution in [0.3, 0.4) is 0 Å². The molecule has 0 amide bonds. The lowest BCUT2D eigenvalue weighted by Crippen LogP contribution is -2.29. The standard InChI is InChI=1S/C15H23NO2/c1-2-13(16)10-12-6-3-4-8-15(12)18-14-7-5-9-17-11-14/h3-4,6,8,13-14H,2,5,7,9-11,16H2,1H3. The average molecular weight is 249 g/mol. The van der Waals surface area contributed by atoms with E-state index in [1.165, 1.54) is 5.56 Å². The monoisotopic (exact) mass is 249 g/mol. The van der Waals surface area contributed by atoms with Crippen LogP contribution in [0.2, 0.25) is 0 Å². The average Bonchev–Trinajstić information content (AvgIpc) is 2.42. The Morgan fingerprint density at radius 2 is 2.28 bits per heavy atom. The van der Waals surface area contributed by atoms with Crippen molar-refractivity contribution in [2.45, 2.75) is 44.8 Å². The van der Waals surface area contributed by atoms with E-state index in [4.69, 9.17) is 15.2 Å². The smallest absolute Gasteiger partial charge is 0.123 e. The molecule has 100 valence electrons. The maximum absolute atomic E-state index is 6.05. The number of nitrogens with two attached hydrogens (primary N) is 1. The number of para-hydroxylation sites is 1. The van der Waals surface area contributed by atoms with Gasteiger partial charge in [0.15, 0.2) is 0 Å². The second-order valence-corrected chi connectivity index (χ2v) is 4.94.